The van der Waals surface area contributed by atoms with E-state index < -0.39 is 54.6 Å². The van der Waals surface area contributed by atoms with Gasteiger partial charge >= 0.3 is 6.09 Å². The van der Waals surface area contributed by atoms with Crippen LogP contribution in [-0.2, 0) is 25.7 Å². The minimum Gasteiger partial charge on any atom is -0.445 e. The zero-order chi connectivity index (χ0) is 28.2. The number of carbonyl (C=O) groups excluding carboxylic acids is 4. The van der Waals surface area contributed by atoms with E-state index in [2.05, 4.69) is 15.6 Å². The van der Waals surface area contributed by atoms with Crippen LogP contribution in [0.5, 0.6) is 0 Å². The number of Topliss-reactive ketones (excluding diaryl/α,β-unsaturated/α-hetero) is 1. The van der Waals surface area contributed by atoms with Gasteiger partial charge in [0.15, 0.2) is 11.7 Å². The number of guanidine groups is 1. The van der Waals surface area contributed by atoms with Crippen molar-refractivity contribution in [2.75, 3.05) is 19.8 Å². The van der Waals surface area contributed by atoms with E-state index in [4.69, 9.17) is 16.2 Å². The van der Waals surface area contributed by atoms with Gasteiger partial charge in [-0.25, -0.2) is 9.18 Å². The van der Waals surface area contributed by atoms with Crippen molar-refractivity contribution < 1.29 is 33.4 Å². The number of rotatable bonds is 13. The highest BCUT2D eigenvalue weighted by molar-refractivity contribution is 5.95. The second kappa shape index (κ2) is 14.9. The number of β-amino-alcohol motifs (C(OH)–C–C–N with tert-alkyl or cyclic N) is 1. The van der Waals surface area contributed by atoms with E-state index in [9.17, 15) is 28.7 Å². The van der Waals surface area contributed by atoms with Gasteiger partial charge in [0.05, 0.1) is 12.1 Å². The molecule has 4 atom stereocenters. The van der Waals surface area contributed by atoms with E-state index in [0.717, 1.165) is 5.56 Å². The molecule has 1 fully saturated rings. The maximum atomic E-state index is 13.4. The molecule has 4 unspecified atom stereocenters. The monoisotopic (exact) mass is 536 g/mol. The first-order chi connectivity index (χ1) is 18.0. The number of nitrogens with two attached hydrogens (primary N) is 2. The van der Waals surface area contributed by atoms with Gasteiger partial charge in [-0.05, 0) is 24.3 Å². The Kier molecular flexibility index (Phi) is 11.9. The van der Waals surface area contributed by atoms with Crippen LogP contribution >= 0.6 is 0 Å². The lowest BCUT2D eigenvalue weighted by Crippen LogP contribution is -2.56. The lowest BCUT2D eigenvalue weighted by molar-refractivity contribution is -0.141. The fraction of sp³-hybridized carbons (Fsp3) is 0.560. The number of hydrogen-bond acceptors (Lipinski definition) is 7. The van der Waals surface area contributed by atoms with Crippen LogP contribution in [-0.4, -0.2) is 83.7 Å². The van der Waals surface area contributed by atoms with Crippen LogP contribution in [0.1, 0.15) is 38.7 Å². The number of hydrogen-bond donors (Lipinski definition) is 5. The van der Waals surface area contributed by atoms with Crippen molar-refractivity contribution in [3.8, 4) is 0 Å². The summed E-state index contributed by atoms with van der Waals surface area (Å²) in [6.07, 6.45) is -1.50. The van der Waals surface area contributed by atoms with E-state index in [-0.39, 0.29) is 44.4 Å². The molecule has 7 N–H and O–H groups in total. The zero-order valence-corrected chi connectivity index (χ0v) is 21.6. The molecule has 13 heteroatoms. The Morgan fingerprint density at radius 3 is 2.47 bits per heavy atom. The van der Waals surface area contributed by atoms with Crippen molar-refractivity contribution in [3.63, 3.8) is 0 Å². The number of likely N-dealkylation sites (tertiary alicyclic amines) is 1. The van der Waals surface area contributed by atoms with Gasteiger partial charge in [0, 0.05) is 19.5 Å². The average molecular weight is 537 g/mol. The first kappa shape index (κ1) is 30.5. The molecule has 12 nitrogen and oxygen atoms in total. The largest absolute Gasteiger partial charge is 0.445 e. The molecule has 1 aromatic rings. The predicted molar refractivity (Wildman–Crippen MR) is 137 cm³/mol. The number of ether oxygens (including phenoxy) is 1. The van der Waals surface area contributed by atoms with E-state index in [1.165, 1.54) is 4.90 Å². The lowest BCUT2D eigenvalue weighted by atomic mass is 10.0. The Balaban J connectivity index is 2.07. The second-order valence-electron chi connectivity index (χ2n) is 9.43. The van der Waals surface area contributed by atoms with Gasteiger partial charge < -0.3 is 36.8 Å². The summed E-state index contributed by atoms with van der Waals surface area (Å²) in [5.41, 5.74) is 11.3. The molecule has 0 aromatic heterocycles. The van der Waals surface area contributed by atoms with Gasteiger partial charge in [-0.3, -0.25) is 19.4 Å². The van der Waals surface area contributed by atoms with Crippen molar-refractivity contribution in [2.24, 2.45) is 22.4 Å². The van der Waals surface area contributed by atoms with Gasteiger partial charge in [0.25, 0.3) is 0 Å². The smallest absolute Gasteiger partial charge is 0.408 e. The Labute approximate surface area is 221 Å². The third kappa shape index (κ3) is 9.29. The molecule has 0 saturated carbocycles. The number of halogens is 1. The van der Waals surface area contributed by atoms with E-state index in [0.29, 0.717) is 6.42 Å². The third-order valence-corrected chi connectivity index (χ3v) is 6.07. The van der Waals surface area contributed by atoms with E-state index >= 15 is 0 Å². The van der Waals surface area contributed by atoms with Crippen LogP contribution in [0.25, 0.3) is 0 Å². The van der Waals surface area contributed by atoms with Crippen LogP contribution in [0, 0.1) is 5.92 Å². The highest BCUT2D eigenvalue weighted by atomic mass is 19.1. The molecule has 1 aliphatic heterocycles. The molecule has 0 aliphatic carbocycles. The number of aliphatic hydroxyl groups excluding tert-OH is 1. The average Bonchev–Trinajstić information content (AvgIpc) is 3.28. The lowest BCUT2D eigenvalue weighted by Gasteiger charge is -2.30. The van der Waals surface area contributed by atoms with E-state index in [1.54, 1.807) is 38.1 Å². The summed E-state index contributed by atoms with van der Waals surface area (Å²) in [5.74, 6) is -2.63. The van der Waals surface area contributed by atoms with Crippen molar-refractivity contribution in [2.45, 2.75) is 63.9 Å². The Bertz CT molecular complexity index is 988. The molecule has 38 heavy (non-hydrogen) atoms. The zero-order valence-electron chi connectivity index (χ0n) is 21.6. The summed E-state index contributed by atoms with van der Waals surface area (Å²) >= 11 is 0. The van der Waals surface area contributed by atoms with Gasteiger partial charge in [0.2, 0.25) is 11.8 Å². The van der Waals surface area contributed by atoms with Crippen molar-refractivity contribution >= 4 is 29.7 Å². The highest BCUT2D eigenvalue weighted by Gasteiger charge is 2.43. The molecule has 1 aromatic carbocycles. The maximum Gasteiger partial charge on any atom is 0.408 e. The van der Waals surface area contributed by atoms with Crippen LogP contribution in [0.4, 0.5) is 9.18 Å². The number of carbonyl (C=O) groups is 4. The summed E-state index contributed by atoms with van der Waals surface area (Å²) in [6.45, 7) is 2.19. The Morgan fingerprint density at radius 1 is 1.18 bits per heavy atom. The Hall–Kier alpha value is -3.74. The highest BCUT2D eigenvalue weighted by Crippen LogP contribution is 2.22. The maximum absolute atomic E-state index is 13.4. The van der Waals surface area contributed by atoms with Gasteiger partial charge in [-0.2, -0.15) is 0 Å². The van der Waals surface area contributed by atoms with Crippen LogP contribution in [0.2, 0.25) is 0 Å². The number of aliphatic imine (C=N–C) groups is 1. The van der Waals surface area contributed by atoms with Gasteiger partial charge in [-0.15, -0.1) is 0 Å². The van der Waals surface area contributed by atoms with Gasteiger partial charge in [0.1, 0.15) is 25.4 Å². The topological polar surface area (TPSA) is 189 Å². The number of aliphatic hydroxyl groups is 1. The molecule has 0 radical (unpaired) electrons. The molecule has 1 heterocycles. The predicted octanol–water partition coefficient (Wildman–Crippen LogP) is -0.0238. The first-order valence-electron chi connectivity index (χ1n) is 12.4. The standard InChI is InChI=1S/C25H37FN6O6/c1-15(2)21(31-25(37)38-14-16-7-4-3-5-8-16)23(36)32-13-17(33)11-19(32)22(35)30-18(20(34)12-26)9-6-10-29-24(27)28/h3-5,7-8,15,17-19,21,33H,6,9-14H2,1-2H3,(H,30,35)(H,31,37)(H4,27,28,29). The molecule has 0 bridgehead atoms. The number of amides is 3. The number of ketones is 1. The fourth-order valence-electron chi connectivity index (χ4n) is 4.07. The second-order valence-corrected chi connectivity index (χ2v) is 9.43. The van der Waals surface area contributed by atoms with Crippen molar-refractivity contribution in [1.29, 1.82) is 0 Å². The number of nitrogens with one attached hydrogen (secondary N) is 2. The van der Waals surface area contributed by atoms with Crippen molar-refractivity contribution in [1.82, 2.24) is 15.5 Å². The third-order valence-electron chi connectivity index (χ3n) is 6.07. The number of alkyl carbamates (subject to hydrolysis) is 1. The molecule has 3 amide bonds. The van der Waals surface area contributed by atoms with Crippen LogP contribution < -0.4 is 22.1 Å². The van der Waals surface area contributed by atoms with Crippen LogP contribution in [0.3, 0.4) is 0 Å². The normalized spacial score (nSPS) is 18.4. The minimum absolute atomic E-state index is 0.00626. The minimum atomic E-state index is -1.28. The van der Waals surface area contributed by atoms with Crippen LogP contribution in [0.15, 0.2) is 35.3 Å². The molecule has 1 saturated heterocycles. The molecule has 0 spiro atoms. The number of alkyl halides is 1. The first-order valence-corrected chi connectivity index (χ1v) is 12.4. The fourth-order valence-corrected chi connectivity index (χ4v) is 4.07. The molecule has 210 valence electrons. The van der Waals surface area contributed by atoms with E-state index in [1.807, 2.05) is 6.07 Å². The molecule has 1 aliphatic rings. The summed E-state index contributed by atoms with van der Waals surface area (Å²) in [6, 6.07) is 5.70. The van der Waals surface area contributed by atoms with Gasteiger partial charge in [-0.1, -0.05) is 44.2 Å². The van der Waals surface area contributed by atoms with Crippen molar-refractivity contribution in [3.05, 3.63) is 35.9 Å². The number of benzene rings is 1. The number of nitrogens with zero attached hydrogens (tertiary/aromatic N) is 2. The molecular formula is C25H37FN6O6. The molecule has 2 rings (SSSR count). The summed E-state index contributed by atoms with van der Waals surface area (Å²) in [5, 5.41) is 15.3. The summed E-state index contributed by atoms with van der Waals surface area (Å²) in [7, 11) is 0. The summed E-state index contributed by atoms with van der Waals surface area (Å²) in [4.78, 5) is 56.0. The quantitative estimate of drug-likeness (QED) is 0.132. The SMILES string of the molecule is CC(C)C(NC(=O)OCc1ccccc1)C(=O)N1CC(O)CC1C(=O)NC(CCCN=C(N)N)C(=O)CF. The molecular weight excluding hydrogens is 499 g/mol. The summed E-state index contributed by atoms with van der Waals surface area (Å²) < 4.78 is 18.4. The Morgan fingerprint density at radius 2 is 1.87 bits per heavy atom.